The second-order valence-electron chi connectivity index (χ2n) is 4.09. The van der Waals surface area contributed by atoms with Crippen molar-refractivity contribution in [2.24, 2.45) is 10.8 Å². The highest BCUT2D eigenvalue weighted by atomic mass is 15.4. The predicted octanol–water partition coefficient (Wildman–Crippen LogP) is 0.489. The zero-order valence-corrected chi connectivity index (χ0v) is 11.2. The molecule has 3 N–H and O–H groups in total. The van der Waals surface area contributed by atoms with Gasteiger partial charge >= 0.3 is 0 Å². The van der Waals surface area contributed by atoms with Gasteiger partial charge in [-0.25, -0.2) is 5.84 Å². The lowest BCUT2D eigenvalue weighted by molar-refractivity contribution is 0.348. The van der Waals surface area contributed by atoms with E-state index in [-0.39, 0.29) is 0 Å². The summed E-state index contributed by atoms with van der Waals surface area (Å²) < 4.78 is 0. The quantitative estimate of drug-likeness (QED) is 0.289. The number of guanidine groups is 1. The van der Waals surface area contributed by atoms with Crippen molar-refractivity contribution in [2.75, 3.05) is 40.3 Å². The molecule has 0 saturated heterocycles. The van der Waals surface area contributed by atoms with Crippen molar-refractivity contribution in [1.29, 1.82) is 0 Å². The lowest BCUT2D eigenvalue weighted by Crippen LogP contribution is -2.45. The van der Waals surface area contributed by atoms with E-state index in [1.165, 1.54) is 0 Å². The van der Waals surface area contributed by atoms with Gasteiger partial charge in [0.05, 0.1) is 0 Å². The second-order valence-corrected chi connectivity index (χ2v) is 4.09. The minimum Gasteiger partial charge on any atom is -0.342 e. The number of hydrogen-bond acceptors (Lipinski definition) is 3. The number of hydrazine groups is 1. The first-order valence-corrected chi connectivity index (χ1v) is 6.06. The van der Waals surface area contributed by atoms with Crippen molar-refractivity contribution in [3.63, 3.8) is 0 Å². The molecule has 0 atom stereocenters. The molecule has 96 valence electrons. The van der Waals surface area contributed by atoms with Crippen molar-refractivity contribution in [2.45, 2.75) is 26.7 Å². The Balaban J connectivity index is 4.11. The van der Waals surface area contributed by atoms with Crippen LogP contribution >= 0.6 is 0 Å². The Hall–Kier alpha value is -0.810. The Kier molecular flexibility index (Phi) is 8.94. The number of hydrogen-bond donors (Lipinski definition) is 2. The Morgan fingerprint density at radius 3 is 2.38 bits per heavy atom. The average Bonchev–Trinajstić information content (AvgIpc) is 2.27. The zero-order chi connectivity index (χ0) is 12.4. The fourth-order valence-electron chi connectivity index (χ4n) is 1.45. The van der Waals surface area contributed by atoms with E-state index in [1.807, 2.05) is 0 Å². The molecule has 5 nitrogen and oxygen atoms in total. The molecule has 0 aromatic rings. The van der Waals surface area contributed by atoms with E-state index < -0.39 is 0 Å². The summed E-state index contributed by atoms with van der Waals surface area (Å²) >= 11 is 0. The van der Waals surface area contributed by atoms with Crippen LogP contribution in [0.15, 0.2) is 4.99 Å². The average molecular weight is 229 g/mol. The summed E-state index contributed by atoms with van der Waals surface area (Å²) in [5.74, 6) is 6.30. The molecule has 0 aliphatic carbocycles. The zero-order valence-electron chi connectivity index (χ0n) is 11.2. The Morgan fingerprint density at radius 2 is 1.94 bits per heavy atom. The summed E-state index contributed by atoms with van der Waals surface area (Å²) in [7, 11) is 4.17. The van der Waals surface area contributed by atoms with Crippen LogP contribution in [0.3, 0.4) is 0 Å². The molecule has 0 amide bonds. The molecule has 0 bridgehead atoms. The summed E-state index contributed by atoms with van der Waals surface area (Å²) in [5, 5.41) is 0. The van der Waals surface area contributed by atoms with Crippen LogP contribution in [0, 0.1) is 0 Å². The molecule has 0 aliphatic rings. The molecular weight excluding hydrogens is 202 g/mol. The highest BCUT2D eigenvalue weighted by Gasteiger charge is 2.07. The van der Waals surface area contributed by atoms with E-state index in [9.17, 15) is 0 Å². The SMILES string of the molecule is CCCN=C(NN)N(CC)CCCN(C)C. The molecule has 0 heterocycles. The summed E-state index contributed by atoms with van der Waals surface area (Å²) in [6.07, 6.45) is 2.16. The molecule has 0 fully saturated rings. The summed E-state index contributed by atoms with van der Waals surface area (Å²) in [5.41, 5.74) is 2.69. The van der Waals surface area contributed by atoms with Gasteiger partial charge in [-0.2, -0.15) is 0 Å². The van der Waals surface area contributed by atoms with Crippen LogP contribution in [0.1, 0.15) is 26.7 Å². The number of nitrogens with one attached hydrogen (secondary N) is 1. The van der Waals surface area contributed by atoms with Crippen molar-refractivity contribution in [3.8, 4) is 0 Å². The van der Waals surface area contributed by atoms with Crippen molar-refractivity contribution < 1.29 is 0 Å². The smallest absolute Gasteiger partial charge is 0.208 e. The number of rotatable bonds is 7. The minimum atomic E-state index is 0.808. The molecular formula is C11H27N5. The minimum absolute atomic E-state index is 0.808. The van der Waals surface area contributed by atoms with Crippen molar-refractivity contribution in [3.05, 3.63) is 0 Å². The molecule has 5 heteroatoms. The molecule has 0 spiro atoms. The van der Waals surface area contributed by atoms with E-state index in [0.717, 1.165) is 45.0 Å². The molecule has 16 heavy (non-hydrogen) atoms. The van der Waals surface area contributed by atoms with Crippen LogP contribution < -0.4 is 11.3 Å². The number of aliphatic imine (C=N–C) groups is 1. The Morgan fingerprint density at radius 1 is 1.25 bits per heavy atom. The maximum atomic E-state index is 5.49. The van der Waals surface area contributed by atoms with Gasteiger partial charge in [-0.05, 0) is 40.4 Å². The lowest BCUT2D eigenvalue weighted by atomic mass is 10.3. The monoisotopic (exact) mass is 229 g/mol. The van der Waals surface area contributed by atoms with Gasteiger partial charge in [0.25, 0.3) is 0 Å². The van der Waals surface area contributed by atoms with Crippen LogP contribution in [0.5, 0.6) is 0 Å². The van der Waals surface area contributed by atoms with Gasteiger partial charge in [0.1, 0.15) is 0 Å². The number of nitrogens with two attached hydrogens (primary N) is 1. The van der Waals surface area contributed by atoms with Crippen LogP contribution in [-0.2, 0) is 0 Å². The highest BCUT2D eigenvalue weighted by Crippen LogP contribution is 1.94. The van der Waals surface area contributed by atoms with Crippen LogP contribution in [0.2, 0.25) is 0 Å². The first-order valence-electron chi connectivity index (χ1n) is 6.06. The standard InChI is InChI=1S/C11H27N5/c1-5-8-13-11(14-12)16(6-2)10-7-9-15(3)4/h5-10,12H2,1-4H3,(H,13,14). The van der Waals surface area contributed by atoms with Crippen molar-refractivity contribution in [1.82, 2.24) is 15.2 Å². The van der Waals surface area contributed by atoms with E-state index in [4.69, 9.17) is 5.84 Å². The largest absolute Gasteiger partial charge is 0.342 e. The second kappa shape index (κ2) is 9.42. The molecule has 0 aromatic heterocycles. The summed E-state index contributed by atoms with van der Waals surface area (Å²) in [4.78, 5) is 8.79. The normalized spacial score (nSPS) is 12.0. The molecule has 0 radical (unpaired) electrons. The third kappa shape index (κ3) is 6.63. The Labute approximate surface area is 99.7 Å². The van der Waals surface area contributed by atoms with E-state index in [1.54, 1.807) is 0 Å². The fraction of sp³-hybridized carbons (Fsp3) is 0.909. The third-order valence-corrected chi connectivity index (χ3v) is 2.33. The van der Waals surface area contributed by atoms with Gasteiger partial charge in [0.15, 0.2) is 0 Å². The topological polar surface area (TPSA) is 56.9 Å². The van der Waals surface area contributed by atoms with E-state index in [0.29, 0.717) is 0 Å². The lowest BCUT2D eigenvalue weighted by Gasteiger charge is -2.24. The van der Waals surface area contributed by atoms with Crippen LogP contribution in [0.25, 0.3) is 0 Å². The third-order valence-electron chi connectivity index (χ3n) is 2.33. The maximum absolute atomic E-state index is 5.49. The van der Waals surface area contributed by atoms with E-state index in [2.05, 4.69) is 48.2 Å². The van der Waals surface area contributed by atoms with Crippen LogP contribution in [0.4, 0.5) is 0 Å². The first-order chi connectivity index (χ1) is 7.65. The maximum Gasteiger partial charge on any atom is 0.208 e. The number of nitrogens with zero attached hydrogens (tertiary/aromatic N) is 3. The van der Waals surface area contributed by atoms with Gasteiger partial charge in [0, 0.05) is 19.6 Å². The van der Waals surface area contributed by atoms with Gasteiger partial charge in [0.2, 0.25) is 5.96 Å². The van der Waals surface area contributed by atoms with Gasteiger partial charge in [-0.15, -0.1) is 0 Å². The van der Waals surface area contributed by atoms with Crippen molar-refractivity contribution >= 4 is 5.96 Å². The summed E-state index contributed by atoms with van der Waals surface area (Å²) in [6, 6.07) is 0. The van der Waals surface area contributed by atoms with E-state index >= 15 is 0 Å². The molecule has 0 aliphatic heterocycles. The first kappa shape index (κ1) is 15.2. The molecule has 0 unspecified atom stereocenters. The van der Waals surface area contributed by atoms with Gasteiger partial charge in [-0.3, -0.25) is 10.4 Å². The highest BCUT2D eigenvalue weighted by molar-refractivity contribution is 5.79. The fourth-order valence-corrected chi connectivity index (χ4v) is 1.45. The predicted molar refractivity (Wildman–Crippen MR) is 70.3 cm³/mol. The van der Waals surface area contributed by atoms with Gasteiger partial charge in [-0.1, -0.05) is 6.92 Å². The summed E-state index contributed by atoms with van der Waals surface area (Å²) in [6.45, 7) is 8.06. The molecule has 0 aromatic carbocycles. The molecule has 0 saturated carbocycles. The van der Waals surface area contributed by atoms with Crippen LogP contribution in [-0.4, -0.2) is 56.0 Å². The molecule has 0 rings (SSSR count). The van der Waals surface area contributed by atoms with Gasteiger partial charge < -0.3 is 9.80 Å². The Bertz CT molecular complexity index is 191.